The van der Waals surface area contributed by atoms with E-state index in [9.17, 15) is 4.79 Å². The number of carbonyl (C=O) groups excluding carboxylic acids is 1. The summed E-state index contributed by atoms with van der Waals surface area (Å²) < 4.78 is 11.9. The van der Waals surface area contributed by atoms with E-state index in [4.69, 9.17) is 21.3 Å². The molecule has 3 rings (SSSR count). The lowest BCUT2D eigenvalue weighted by Gasteiger charge is -2.18. The van der Waals surface area contributed by atoms with E-state index < -0.39 is 6.19 Å². The molecule has 0 atom stereocenters. The maximum Gasteiger partial charge on any atom is 0.326 e. The zero-order valence-electron chi connectivity index (χ0n) is 14.3. The molecule has 1 aromatic heterocycles. The number of thiazole rings is 1. The molecule has 0 saturated carbocycles. The highest BCUT2D eigenvalue weighted by Gasteiger charge is 2.21. The third kappa shape index (κ3) is 4.21. The van der Waals surface area contributed by atoms with Gasteiger partial charge in [0.15, 0.2) is 4.80 Å². The number of hydrogen-bond donors (Lipinski definition) is 0. The Bertz CT molecular complexity index is 938. The number of hydrogen-bond acceptors (Lipinski definition) is 4. The summed E-state index contributed by atoms with van der Waals surface area (Å²) in [6.45, 7) is 2.29. The Morgan fingerprint density at radius 3 is 2.23 bits per heavy atom. The summed E-state index contributed by atoms with van der Waals surface area (Å²) in [4.78, 5) is 12.6. The molecule has 0 spiro atoms. The number of nitrogens with zero attached hydrogens (tertiary/aromatic N) is 2. The molecule has 134 valence electrons. The minimum absolute atomic E-state index is 0.134. The van der Waals surface area contributed by atoms with E-state index >= 15 is 0 Å². The van der Waals surface area contributed by atoms with Crippen LogP contribution in [0.2, 0.25) is 0 Å². The van der Waals surface area contributed by atoms with Crippen molar-refractivity contribution in [2.45, 2.75) is 13.5 Å². The smallest absolute Gasteiger partial charge is 0.326 e. The molecule has 0 fully saturated rings. The molecular formula is C19H19N2O2PS2. The third-order valence-electron chi connectivity index (χ3n) is 3.70. The van der Waals surface area contributed by atoms with Gasteiger partial charge in [-0.15, -0.1) is 11.3 Å². The maximum absolute atomic E-state index is 11.9. The van der Waals surface area contributed by atoms with E-state index in [1.54, 1.807) is 11.5 Å². The Kier molecular flexibility index (Phi) is 6.20. The van der Waals surface area contributed by atoms with Gasteiger partial charge in [-0.25, -0.2) is 4.76 Å². The van der Waals surface area contributed by atoms with Gasteiger partial charge in [0.05, 0.1) is 6.61 Å². The summed E-state index contributed by atoms with van der Waals surface area (Å²) >= 11 is 7.60. The molecule has 0 saturated heterocycles. The molecule has 0 aliphatic heterocycles. The molecule has 3 aromatic rings. The summed E-state index contributed by atoms with van der Waals surface area (Å²) in [6, 6.07) is 20.0. The van der Waals surface area contributed by atoms with Gasteiger partial charge in [0.1, 0.15) is 12.7 Å². The predicted octanol–water partition coefficient (Wildman–Crippen LogP) is 3.06. The Morgan fingerprint density at radius 1 is 1.12 bits per heavy atom. The van der Waals surface area contributed by atoms with Gasteiger partial charge in [0.25, 0.3) is 0 Å². The molecule has 0 amide bonds. The van der Waals surface area contributed by atoms with Crippen LogP contribution >= 0.6 is 17.5 Å². The molecule has 0 unspecified atom stereocenters. The van der Waals surface area contributed by atoms with E-state index in [0.29, 0.717) is 6.61 Å². The highest BCUT2D eigenvalue weighted by molar-refractivity contribution is 8.21. The largest absolute Gasteiger partial charge is 0.465 e. The molecule has 0 aliphatic carbocycles. The fourth-order valence-corrected chi connectivity index (χ4v) is 6.79. The third-order valence-corrected chi connectivity index (χ3v) is 8.61. The minimum Gasteiger partial charge on any atom is -0.465 e. The first-order valence-electron chi connectivity index (χ1n) is 8.20. The van der Waals surface area contributed by atoms with Crippen LogP contribution in [-0.4, -0.2) is 17.1 Å². The van der Waals surface area contributed by atoms with Crippen molar-refractivity contribution < 1.29 is 9.53 Å². The molecular weight excluding hydrogens is 383 g/mol. The maximum atomic E-state index is 11.9. The van der Waals surface area contributed by atoms with Crippen LogP contribution < -0.4 is 15.4 Å². The van der Waals surface area contributed by atoms with Crippen LogP contribution in [-0.2, 0) is 27.9 Å². The van der Waals surface area contributed by atoms with E-state index in [1.807, 2.05) is 72.2 Å². The Balaban J connectivity index is 2.11. The molecule has 1 heterocycles. The number of aromatic nitrogens is 1. The second-order valence-electron chi connectivity index (χ2n) is 5.47. The van der Waals surface area contributed by atoms with Crippen LogP contribution in [0.25, 0.3) is 0 Å². The standard InChI is InChI=1S/C19H19N2O2PS2/c1-2-23-18(22)15-21-13-14-26-19(21)20-24(25,16-9-5-3-6-10-16)17-11-7-4-8-12-17/h3-14H,2,15H2,1H3/b20-19-. The van der Waals surface area contributed by atoms with Gasteiger partial charge >= 0.3 is 5.97 Å². The van der Waals surface area contributed by atoms with Crippen LogP contribution in [0.4, 0.5) is 0 Å². The molecule has 0 aliphatic rings. The van der Waals surface area contributed by atoms with Crippen molar-refractivity contribution in [3.63, 3.8) is 0 Å². The number of esters is 1. The second kappa shape index (κ2) is 8.58. The first-order chi connectivity index (χ1) is 12.6. The SMILES string of the molecule is CCOC(=O)Cn1ccs/c1=N\P(=S)(c1ccccc1)c1ccccc1. The molecule has 0 N–H and O–H groups in total. The van der Waals surface area contributed by atoms with Gasteiger partial charge in [-0.1, -0.05) is 72.5 Å². The average Bonchev–Trinajstić information content (AvgIpc) is 3.09. The van der Waals surface area contributed by atoms with Crippen molar-refractivity contribution in [3.8, 4) is 0 Å². The Labute approximate surface area is 161 Å². The van der Waals surface area contributed by atoms with Crippen molar-refractivity contribution in [3.05, 3.63) is 77.0 Å². The lowest BCUT2D eigenvalue weighted by Crippen LogP contribution is -2.23. The quantitative estimate of drug-likeness (QED) is 0.470. The first kappa shape index (κ1) is 18.8. The van der Waals surface area contributed by atoms with Gasteiger partial charge in [0.2, 0.25) is 0 Å². The topological polar surface area (TPSA) is 43.6 Å². The highest BCUT2D eigenvalue weighted by Crippen LogP contribution is 2.44. The number of ether oxygens (including phenoxy) is 1. The molecule has 7 heteroatoms. The monoisotopic (exact) mass is 402 g/mol. The summed E-state index contributed by atoms with van der Waals surface area (Å²) in [5.74, 6) is -0.278. The van der Waals surface area contributed by atoms with Crippen molar-refractivity contribution in [1.29, 1.82) is 0 Å². The van der Waals surface area contributed by atoms with Crippen LogP contribution in [0.3, 0.4) is 0 Å². The molecule has 26 heavy (non-hydrogen) atoms. The van der Waals surface area contributed by atoms with Crippen LogP contribution in [0.1, 0.15) is 6.92 Å². The molecule has 0 bridgehead atoms. The lowest BCUT2D eigenvalue weighted by molar-refractivity contribution is -0.143. The van der Waals surface area contributed by atoms with E-state index in [1.165, 1.54) is 11.3 Å². The van der Waals surface area contributed by atoms with Gasteiger partial charge in [-0.2, -0.15) is 0 Å². The van der Waals surface area contributed by atoms with Crippen molar-refractivity contribution in [1.82, 2.24) is 4.57 Å². The molecule has 2 aromatic carbocycles. The molecule has 4 nitrogen and oxygen atoms in total. The van der Waals surface area contributed by atoms with Crippen molar-refractivity contribution in [2.75, 3.05) is 6.61 Å². The fraction of sp³-hybridized carbons (Fsp3) is 0.158. The van der Waals surface area contributed by atoms with Crippen LogP contribution in [0.15, 0.2) is 77.0 Å². The second-order valence-corrected chi connectivity index (χ2v) is 10.3. The lowest BCUT2D eigenvalue weighted by atomic mass is 10.4. The van der Waals surface area contributed by atoms with Gasteiger partial charge < -0.3 is 9.30 Å². The van der Waals surface area contributed by atoms with E-state index in [0.717, 1.165) is 15.4 Å². The van der Waals surface area contributed by atoms with Gasteiger partial charge in [-0.05, 0) is 6.92 Å². The number of rotatable bonds is 6. The Morgan fingerprint density at radius 2 is 1.69 bits per heavy atom. The summed E-state index contributed by atoms with van der Waals surface area (Å²) in [5, 5.41) is 3.96. The zero-order chi connectivity index (χ0) is 18.4. The first-order valence-corrected chi connectivity index (χ1v) is 11.8. The van der Waals surface area contributed by atoms with Crippen molar-refractivity contribution in [2.24, 2.45) is 4.76 Å². The molecule has 0 radical (unpaired) electrons. The average molecular weight is 402 g/mol. The highest BCUT2D eigenvalue weighted by atomic mass is 32.4. The Hall–Kier alpha value is -2.01. The van der Waals surface area contributed by atoms with Crippen LogP contribution in [0, 0.1) is 0 Å². The summed E-state index contributed by atoms with van der Waals surface area (Å²) in [7, 11) is 0. The van der Waals surface area contributed by atoms with E-state index in [2.05, 4.69) is 0 Å². The van der Waals surface area contributed by atoms with Crippen molar-refractivity contribution >= 4 is 45.9 Å². The number of benzene rings is 2. The van der Waals surface area contributed by atoms with E-state index in [-0.39, 0.29) is 12.5 Å². The zero-order valence-corrected chi connectivity index (χ0v) is 16.8. The minimum atomic E-state index is -2.40. The summed E-state index contributed by atoms with van der Waals surface area (Å²) in [5.41, 5.74) is 0. The van der Waals surface area contributed by atoms with Gasteiger partial charge in [-0.3, -0.25) is 4.79 Å². The summed E-state index contributed by atoms with van der Waals surface area (Å²) in [6.07, 6.45) is -0.559. The van der Waals surface area contributed by atoms with Crippen LogP contribution in [0.5, 0.6) is 0 Å². The normalized spacial score (nSPS) is 12.1. The predicted molar refractivity (Wildman–Crippen MR) is 111 cm³/mol. The van der Waals surface area contributed by atoms with Gasteiger partial charge in [0, 0.05) is 22.2 Å². The fourth-order valence-electron chi connectivity index (χ4n) is 2.49. The number of carbonyl (C=O) groups is 1.